The van der Waals surface area contributed by atoms with Crippen molar-refractivity contribution in [1.82, 2.24) is 10.2 Å². The summed E-state index contributed by atoms with van der Waals surface area (Å²) in [5.41, 5.74) is -2.33. The van der Waals surface area contributed by atoms with E-state index >= 15 is 0 Å². The number of fused-ring (bicyclic) bond motifs is 1. The minimum atomic E-state index is -1.58. The number of nitrogens with one attached hydrogen (secondary N) is 1. The zero-order chi connectivity index (χ0) is 29.7. The molecule has 0 bridgehead atoms. The van der Waals surface area contributed by atoms with Crippen LogP contribution in [-0.2, 0) is 19.2 Å². The molecule has 7 nitrogen and oxygen atoms in total. The highest BCUT2D eigenvalue weighted by Gasteiger charge is 2.70. The van der Waals surface area contributed by atoms with Crippen LogP contribution in [0.1, 0.15) is 114 Å². The number of carbonyl (C=O) groups is 4. The van der Waals surface area contributed by atoms with Crippen LogP contribution < -0.4 is 5.32 Å². The third-order valence-electron chi connectivity index (χ3n) is 10.3. The van der Waals surface area contributed by atoms with Gasteiger partial charge >= 0.3 is 0 Å². The maximum atomic E-state index is 14.2. The number of hydrogen-bond acceptors (Lipinski definition) is 5. The van der Waals surface area contributed by atoms with Crippen LogP contribution in [-0.4, -0.2) is 57.6 Å². The zero-order valence-electron chi connectivity index (χ0n) is 26.1. The van der Waals surface area contributed by atoms with Gasteiger partial charge in [-0.15, -0.1) is 0 Å². The van der Waals surface area contributed by atoms with E-state index in [-0.39, 0.29) is 52.5 Å². The monoisotopic (exact) mass is 546 g/mol. The van der Waals surface area contributed by atoms with Gasteiger partial charge in [0.25, 0.3) is 0 Å². The molecule has 0 radical (unpaired) electrons. The van der Waals surface area contributed by atoms with Gasteiger partial charge in [-0.3, -0.25) is 19.2 Å². The summed E-state index contributed by atoms with van der Waals surface area (Å²) >= 11 is 0. The zero-order valence-corrected chi connectivity index (χ0v) is 26.1. The Hall–Kier alpha value is -1.76. The summed E-state index contributed by atoms with van der Waals surface area (Å²) in [5.74, 6) is -0.500. The van der Waals surface area contributed by atoms with Gasteiger partial charge in [0.15, 0.2) is 11.6 Å². The molecule has 1 saturated heterocycles. The van der Waals surface area contributed by atoms with Crippen molar-refractivity contribution >= 4 is 23.4 Å². The summed E-state index contributed by atoms with van der Waals surface area (Å²) in [4.78, 5) is 55.4. The Morgan fingerprint density at radius 2 is 1.64 bits per heavy atom. The lowest BCUT2D eigenvalue weighted by Crippen LogP contribution is -2.58. The quantitative estimate of drug-likeness (QED) is 0.382. The van der Waals surface area contributed by atoms with E-state index in [4.69, 9.17) is 0 Å². The molecule has 3 fully saturated rings. The van der Waals surface area contributed by atoms with Crippen molar-refractivity contribution in [3.63, 3.8) is 0 Å². The van der Waals surface area contributed by atoms with E-state index in [0.29, 0.717) is 25.3 Å². The largest absolute Gasteiger partial charge is 0.382 e. The minimum absolute atomic E-state index is 0.00359. The Kier molecular flexibility index (Phi) is 8.88. The second-order valence-corrected chi connectivity index (χ2v) is 15.6. The third-order valence-corrected chi connectivity index (χ3v) is 10.3. The predicted octanol–water partition coefficient (Wildman–Crippen LogP) is 4.93. The Balaban J connectivity index is 1.89. The van der Waals surface area contributed by atoms with Crippen LogP contribution in [0, 0.1) is 39.9 Å². The third kappa shape index (κ3) is 6.60. The summed E-state index contributed by atoms with van der Waals surface area (Å²) < 4.78 is 0. The first-order valence-corrected chi connectivity index (χ1v) is 15.1. The molecule has 3 aliphatic rings. The average Bonchev–Trinajstić information content (AvgIpc) is 3.11. The van der Waals surface area contributed by atoms with Gasteiger partial charge < -0.3 is 15.3 Å². The number of amides is 2. The average molecular weight is 547 g/mol. The topological polar surface area (TPSA) is 104 Å². The second kappa shape index (κ2) is 10.9. The highest BCUT2D eigenvalue weighted by Crippen LogP contribution is 2.67. The van der Waals surface area contributed by atoms with E-state index < -0.39 is 29.0 Å². The smallest absolute Gasteiger partial charge is 0.246 e. The molecule has 0 aromatic carbocycles. The Morgan fingerprint density at radius 1 is 1.05 bits per heavy atom. The van der Waals surface area contributed by atoms with Crippen LogP contribution in [0.2, 0.25) is 0 Å². The first-order chi connectivity index (χ1) is 17.7. The van der Waals surface area contributed by atoms with Gasteiger partial charge in [0, 0.05) is 25.3 Å². The van der Waals surface area contributed by atoms with Crippen molar-refractivity contribution in [2.24, 2.45) is 39.9 Å². The molecule has 7 unspecified atom stereocenters. The van der Waals surface area contributed by atoms with E-state index in [2.05, 4.69) is 19.2 Å². The highest BCUT2D eigenvalue weighted by molar-refractivity contribution is 5.95. The van der Waals surface area contributed by atoms with Crippen LogP contribution in [0.3, 0.4) is 0 Å². The molecule has 39 heavy (non-hydrogen) atoms. The number of hydrogen-bond donors (Lipinski definition) is 2. The van der Waals surface area contributed by atoms with Crippen LogP contribution >= 0.6 is 0 Å². The summed E-state index contributed by atoms with van der Waals surface area (Å²) in [6.45, 7) is 19.6. The van der Waals surface area contributed by atoms with Gasteiger partial charge in [0.2, 0.25) is 11.8 Å². The Labute approximate surface area is 236 Å². The Morgan fingerprint density at radius 3 is 2.08 bits per heavy atom. The van der Waals surface area contributed by atoms with Gasteiger partial charge in [-0.2, -0.15) is 0 Å². The summed E-state index contributed by atoms with van der Waals surface area (Å²) in [6, 6.07) is -1.34. The molecule has 7 heteroatoms. The molecule has 7 atom stereocenters. The summed E-state index contributed by atoms with van der Waals surface area (Å²) in [6.07, 6.45) is 5.22. The lowest BCUT2D eigenvalue weighted by atomic mass is 9.71. The number of likely N-dealkylation sites (tertiary alicyclic amines) is 1. The van der Waals surface area contributed by atoms with Gasteiger partial charge in [0.05, 0.1) is 6.04 Å². The van der Waals surface area contributed by atoms with Crippen molar-refractivity contribution in [3.8, 4) is 0 Å². The van der Waals surface area contributed by atoms with Crippen molar-refractivity contribution < 1.29 is 24.3 Å². The lowest BCUT2D eigenvalue weighted by molar-refractivity contribution is -0.148. The number of nitrogens with zero attached hydrogens (tertiary/aromatic N) is 1. The van der Waals surface area contributed by atoms with Gasteiger partial charge in [0.1, 0.15) is 11.6 Å². The minimum Gasteiger partial charge on any atom is -0.382 e. The van der Waals surface area contributed by atoms with E-state index in [1.54, 1.807) is 11.8 Å². The van der Waals surface area contributed by atoms with Crippen molar-refractivity contribution in [3.05, 3.63) is 0 Å². The van der Waals surface area contributed by atoms with E-state index in [0.717, 1.165) is 25.7 Å². The second-order valence-electron chi connectivity index (χ2n) is 15.6. The van der Waals surface area contributed by atoms with Crippen molar-refractivity contribution in [1.29, 1.82) is 0 Å². The summed E-state index contributed by atoms with van der Waals surface area (Å²) in [7, 11) is 0. The number of Topliss-reactive ketones (excluding diaryl/α,β-unsaturated/α-hetero) is 2. The molecule has 0 spiro atoms. The van der Waals surface area contributed by atoms with Crippen molar-refractivity contribution in [2.45, 2.75) is 132 Å². The molecule has 1 heterocycles. The van der Waals surface area contributed by atoms with Crippen LogP contribution in [0.25, 0.3) is 0 Å². The molecule has 2 aliphatic carbocycles. The Bertz CT molecular complexity index is 970. The maximum Gasteiger partial charge on any atom is 0.246 e. The number of rotatable bonds is 11. The fourth-order valence-electron chi connectivity index (χ4n) is 7.02. The molecule has 2 N–H and O–H groups in total. The van der Waals surface area contributed by atoms with Gasteiger partial charge in [-0.1, -0.05) is 81.1 Å². The van der Waals surface area contributed by atoms with Gasteiger partial charge in [-0.25, -0.2) is 0 Å². The summed E-state index contributed by atoms with van der Waals surface area (Å²) in [5, 5.41) is 14.2. The molecular weight excluding hydrogens is 492 g/mol. The molecule has 0 aromatic rings. The fourth-order valence-corrected chi connectivity index (χ4v) is 7.02. The number of ketones is 2. The predicted molar refractivity (Wildman–Crippen MR) is 153 cm³/mol. The molecular formula is C32H54N2O5. The molecule has 1 aliphatic heterocycles. The maximum absolute atomic E-state index is 14.2. The standard InChI is InChI=1S/C32H54N2O5/c1-11-31(9)22-18-34(28(38)27(30(6,7)8)33-24(37)17-29(3,4)5)26(25(22)31)23(36)16-21(15-20-13-12-14-20)32(10,39)19(2)35/h20-22,25-27,39H,11-18H2,1-10H3,(H,33,37). The number of aliphatic hydroxyl groups is 1. The van der Waals surface area contributed by atoms with Crippen LogP contribution in [0.4, 0.5) is 0 Å². The molecule has 2 saturated carbocycles. The highest BCUT2D eigenvalue weighted by atomic mass is 16.3. The molecule has 3 rings (SSSR count). The fraction of sp³-hybridized carbons (Fsp3) is 0.875. The number of carbonyl (C=O) groups excluding carboxylic acids is 4. The molecule has 0 aromatic heterocycles. The first kappa shape index (κ1) is 31.8. The van der Waals surface area contributed by atoms with Gasteiger partial charge in [-0.05, 0) is 54.3 Å². The van der Waals surface area contributed by atoms with E-state index in [1.165, 1.54) is 6.92 Å². The van der Waals surface area contributed by atoms with E-state index in [9.17, 15) is 24.3 Å². The number of piperidine rings is 1. The normalized spacial score (nSPS) is 30.0. The molecule has 222 valence electrons. The van der Waals surface area contributed by atoms with Crippen LogP contribution in [0.15, 0.2) is 0 Å². The molecule has 2 amide bonds. The van der Waals surface area contributed by atoms with Crippen molar-refractivity contribution in [2.75, 3.05) is 6.54 Å². The lowest BCUT2D eigenvalue weighted by Gasteiger charge is -2.40. The SMILES string of the molecule is CCC1(C)C2CN(C(=O)C(NC(=O)CC(C)(C)C)C(C)(C)C)C(C(=O)CC(CC3CCC3)C(C)(O)C(C)=O)C21. The van der Waals surface area contributed by atoms with Crippen LogP contribution in [0.5, 0.6) is 0 Å². The van der Waals surface area contributed by atoms with E-state index in [1.807, 2.05) is 41.5 Å². The first-order valence-electron chi connectivity index (χ1n) is 15.1.